The van der Waals surface area contributed by atoms with Crippen LogP contribution in [0.15, 0.2) is 170 Å². The molecule has 56 heavy (non-hydrogen) atoms. The average molecular weight is 720 g/mol. The van der Waals surface area contributed by atoms with Gasteiger partial charge in [0.05, 0.1) is 5.52 Å². The summed E-state index contributed by atoms with van der Waals surface area (Å²) in [6.45, 7) is 4.31. The highest BCUT2D eigenvalue weighted by molar-refractivity contribution is 6.13. The normalized spacial score (nSPS) is 14.0. The maximum absolute atomic E-state index is 5.14. The number of aryl methyl sites for hydroxylation is 1. The lowest BCUT2D eigenvalue weighted by molar-refractivity contribution is 0.738. The fourth-order valence-corrected chi connectivity index (χ4v) is 7.66. The molecule has 9 aromatic rings. The van der Waals surface area contributed by atoms with Crippen molar-refractivity contribution >= 4 is 38.0 Å². The van der Waals surface area contributed by atoms with Gasteiger partial charge >= 0.3 is 0 Å². The molecule has 10 rings (SSSR count). The summed E-state index contributed by atoms with van der Waals surface area (Å²) in [7, 11) is 0. The van der Waals surface area contributed by atoms with E-state index in [1.807, 2.05) is 30.5 Å². The van der Waals surface area contributed by atoms with E-state index in [2.05, 4.69) is 153 Å². The number of nitrogens with zero attached hydrogens (tertiary/aromatic N) is 5. The number of rotatable bonds is 6. The number of aromatic nitrogens is 5. The first-order chi connectivity index (χ1) is 27.5. The van der Waals surface area contributed by atoms with E-state index in [0.29, 0.717) is 29.2 Å². The summed E-state index contributed by atoms with van der Waals surface area (Å²) in [4.78, 5) is 25.1. The van der Waals surface area contributed by atoms with Crippen LogP contribution in [-0.2, 0) is 0 Å². The van der Waals surface area contributed by atoms with Crippen LogP contribution < -0.4 is 0 Å². The average Bonchev–Trinajstić information content (AvgIpc) is 3.26. The van der Waals surface area contributed by atoms with E-state index in [4.69, 9.17) is 24.9 Å². The van der Waals surface area contributed by atoms with Gasteiger partial charge in [-0.25, -0.2) is 24.9 Å². The van der Waals surface area contributed by atoms with Crippen molar-refractivity contribution in [3.63, 3.8) is 0 Å². The zero-order chi connectivity index (χ0) is 37.6. The van der Waals surface area contributed by atoms with Crippen molar-refractivity contribution in [3.05, 3.63) is 181 Å². The predicted octanol–water partition coefficient (Wildman–Crippen LogP) is 12.7. The molecular formula is C51H37N5. The van der Waals surface area contributed by atoms with Crippen LogP contribution in [-0.4, -0.2) is 24.9 Å². The molecule has 0 bridgehead atoms. The molecule has 0 radical (unpaired) electrons. The monoisotopic (exact) mass is 719 g/mol. The minimum absolute atomic E-state index is 0.476. The number of benzene rings is 7. The summed E-state index contributed by atoms with van der Waals surface area (Å²) in [5.74, 6) is 3.02. The van der Waals surface area contributed by atoms with E-state index >= 15 is 0 Å². The van der Waals surface area contributed by atoms with Gasteiger partial charge in [0.2, 0.25) is 0 Å². The predicted molar refractivity (Wildman–Crippen MR) is 231 cm³/mol. The number of para-hydroxylation sites is 1. The van der Waals surface area contributed by atoms with E-state index in [-0.39, 0.29) is 0 Å². The zero-order valence-corrected chi connectivity index (χ0v) is 31.2. The Kier molecular flexibility index (Phi) is 8.33. The lowest BCUT2D eigenvalue weighted by Gasteiger charge is -2.15. The minimum atomic E-state index is 0.476. The molecule has 0 saturated heterocycles. The Hall–Kier alpha value is -7.11. The molecule has 0 amide bonds. The zero-order valence-electron chi connectivity index (χ0n) is 31.2. The van der Waals surface area contributed by atoms with Gasteiger partial charge in [-0.2, -0.15) is 0 Å². The fourth-order valence-electron chi connectivity index (χ4n) is 7.66. The second-order valence-corrected chi connectivity index (χ2v) is 14.7. The quantitative estimate of drug-likeness (QED) is 0.160. The summed E-state index contributed by atoms with van der Waals surface area (Å²) in [5, 5.41) is 5.99. The highest BCUT2D eigenvalue weighted by atomic mass is 15.0. The maximum atomic E-state index is 5.14. The van der Waals surface area contributed by atoms with Gasteiger partial charge in [-0.05, 0) is 93.4 Å². The third kappa shape index (κ3) is 6.33. The summed E-state index contributed by atoms with van der Waals surface area (Å²) >= 11 is 0. The van der Waals surface area contributed by atoms with Gasteiger partial charge in [-0.3, -0.25) is 0 Å². The standard InChI is InChI=1S/C51H37N5/c1-32-15-19-36(20-16-32)49-54-50(37-21-17-33(2)18-22-37)56-51(55-49)42-28-40(27-41(29-42)48-52-31-39-10-4-8-14-47(39)53-48)34-23-25-35(26-24-34)46-30-38-9-3-5-11-43(38)44-12-6-7-13-45(44)46/h3-17,19-31,33H,18H2,1-2H3. The van der Waals surface area contributed by atoms with Gasteiger partial charge < -0.3 is 0 Å². The lowest BCUT2D eigenvalue weighted by atomic mass is 9.92. The fraction of sp³-hybridized carbons (Fsp3) is 0.0784. The second-order valence-electron chi connectivity index (χ2n) is 14.7. The summed E-state index contributed by atoms with van der Waals surface area (Å²) in [6.07, 6.45) is 9.43. The molecule has 266 valence electrons. The van der Waals surface area contributed by atoms with Gasteiger partial charge in [-0.15, -0.1) is 0 Å². The third-order valence-corrected chi connectivity index (χ3v) is 10.8. The summed E-state index contributed by atoms with van der Waals surface area (Å²) in [6, 6.07) is 51.4. The van der Waals surface area contributed by atoms with Crippen LogP contribution in [0.5, 0.6) is 0 Å². The first-order valence-electron chi connectivity index (χ1n) is 19.1. The molecule has 0 N–H and O–H groups in total. The van der Waals surface area contributed by atoms with E-state index in [9.17, 15) is 0 Å². The molecule has 1 unspecified atom stereocenters. The Balaban J connectivity index is 1.14. The highest BCUT2D eigenvalue weighted by Gasteiger charge is 2.18. The Labute approximate surface area is 325 Å². The van der Waals surface area contributed by atoms with E-state index in [0.717, 1.165) is 56.3 Å². The van der Waals surface area contributed by atoms with Crippen LogP contribution >= 0.6 is 0 Å². The lowest BCUT2D eigenvalue weighted by Crippen LogP contribution is -2.04. The molecule has 7 aromatic carbocycles. The molecule has 1 aliphatic rings. The van der Waals surface area contributed by atoms with Crippen molar-refractivity contribution in [2.75, 3.05) is 0 Å². The second kappa shape index (κ2) is 13.9. The minimum Gasteiger partial charge on any atom is -0.236 e. The summed E-state index contributed by atoms with van der Waals surface area (Å²) in [5.41, 5.74) is 10.3. The largest absolute Gasteiger partial charge is 0.236 e. The first kappa shape index (κ1) is 33.5. The molecule has 2 aromatic heterocycles. The van der Waals surface area contributed by atoms with Gasteiger partial charge in [0.25, 0.3) is 0 Å². The van der Waals surface area contributed by atoms with Crippen molar-refractivity contribution in [1.82, 2.24) is 24.9 Å². The smallest absolute Gasteiger partial charge is 0.164 e. The van der Waals surface area contributed by atoms with Gasteiger partial charge in [0.1, 0.15) is 0 Å². The summed E-state index contributed by atoms with van der Waals surface area (Å²) < 4.78 is 0. The maximum Gasteiger partial charge on any atom is 0.164 e. The topological polar surface area (TPSA) is 64.5 Å². The van der Waals surface area contributed by atoms with Crippen molar-refractivity contribution in [2.45, 2.75) is 20.3 Å². The molecule has 0 fully saturated rings. The molecule has 0 aliphatic heterocycles. The molecule has 5 heteroatoms. The van der Waals surface area contributed by atoms with E-state index in [1.165, 1.54) is 32.7 Å². The van der Waals surface area contributed by atoms with Crippen molar-refractivity contribution in [2.24, 2.45) is 5.92 Å². The van der Waals surface area contributed by atoms with Crippen molar-refractivity contribution < 1.29 is 0 Å². The van der Waals surface area contributed by atoms with E-state index in [1.54, 1.807) is 0 Å². The van der Waals surface area contributed by atoms with Crippen LogP contribution in [0.25, 0.3) is 94.4 Å². The molecule has 2 heterocycles. The van der Waals surface area contributed by atoms with Crippen LogP contribution in [0.3, 0.4) is 0 Å². The number of hydrogen-bond acceptors (Lipinski definition) is 5. The molecule has 5 nitrogen and oxygen atoms in total. The number of allylic oxidation sites excluding steroid dienone is 4. The third-order valence-electron chi connectivity index (χ3n) is 10.8. The van der Waals surface area contributed by atoms with E-state index < -0.39 is 0 Å². The van der Waals surface area contributed by atoms with Crippen molar-refractivity contribution in [1.29, 1.82) is 0 Å². The first-order valence-corrected chi connectivity index (χ1v) is 19.1. The Morgan fingerprint density at radius 2 is 1.09 bits per heavy atom. The van der Waals surface area contributed by atoms with Crippen LogP contribution in [0.4, 0.5) is 0 Å². The van der Waals surface area contributed by atoms with Crippen LogP contribution in [0.2, 0.25) is 0 Å². The van der Waals surface area contributed by atoms with Gasteiger partial charge in [-0.1, -0.05) is 146 Å². The van der Waals surface area contributed by atoms with Gasteiger partial charge in [0, 0.05) is 33.8 Å². The van der Waals surface area contributed by atoms with Crippen LogP contribution in [0, 0.1) is 12.8 Å². The van der Waals surface area contributed by atoms with Gasteiger partial charge in [0.15, 0.2) is 23.3 Å². The highest BCUT2D eigenvalue weighted by Crippen LogP contribution is 2.37. The molecular weight excluding hydrogens is 683 g/mol. The Morgan fingerprint density at radius 3 is 1.86 bits per heavy atom. The SMILES string of the molecule is Cc1ccc(-c2nc(C3=CCC(C)C=C3)nc(-c3cc(-c4ccc(-c5cc6ccccc6c6ccccc56)cc4)cc(-c4ncc5ccccc5n4)c3)n2)cc1. The van der Waals surface area contributed by atoms with Crippen LogP contribution in [0.1, 0.15) is 24.7 Å². The Bertz CT molecular complexity index is 3020. The molecule has 1 aliphatic carbocycles. The Morgan fingerprint density at radius 1 is 0.482 bits per heavy atom. The number of fused-ring (bicyclic) bond motifs is 4. The molecule has 1 atom stereocenters. The molecule has 0 saturated carbocycles. The number of hydrogen-bond donors (Lipinski definition) is 0. The molecule has 0 spiro atoms. The van der Waals surface area contributed by atoms with Crippen molar-refractivity contribution in [3.8, 4) is 56.4 Å².